The maximum absolute atomic E-state index is 12.8. The Hall–Kier alpha value is -4.97. The quantitative estimate of drug-likeness (QED) is 0.413. The van der Waals surface area contributed by atoms with Gasteiger partial charge in [-0.3, -0.25) is 9.59 Å². The first-order valence-electron chi connectivity index (χ1n) is 9.76. The number of hydrogen-bond donors (Lipinski definition) is 3. The zero-order valence-corrected chi connectivity index (χ0v) is 17.0. The minimum Gasteiger partial charge on any atom is -0.478 e. The van der Waals surface area contributed by atoms with Crippen LogP contribution in [0.4, 0.5) is 11.4 Å². The second-order valence-corrected chi connectivity index (χ2v) is 7.08. The molecule has 0 aliphatic carbocycles. The predicted octanol–water partition coefficient (Wildman–Crippen LogP) is 3.83. The summed E-state index contributed by atoms with van der Waals surface area (Å²) in [6.07, 6.45) is 0.187. The lowest BCUT2D eigenvalue weighted by Crippen LogP contribution is -2.16. The van der Waals surface area contributed by atoms with Crippen molar-refractivity contribution in [3.63, 3.8) is 0 Å². The van der Waals surface area contributed by atoms with Crippen LogP contribution >= 0.6 is 0 Å². The van der Waals surface area contributed by atoms with Gasteiger partial charge in [0.1, 0.15) is 0 Å². The van der Waals surface area contributed by atoms with E-state index in [-0.39, 0.29) is 34.8 Å². The van der Waals surface area contributed by atoms with Gasteiger partial charge in [0, 0.05) is 5.69 Å². The van der Waals surface area contributed by atoms with Crippen LogP contribution in [0, 0.1) is 11.3 Å². The van der Waals surface area contributed by atoms with E-state index in [1.54, 1.807) is 18.2 Å². The van der Waals surface area contributed by atoms with Gasteiger partial charge in [-0.25, -0.2) is 4.79 Å². The first-order valence-corrected chi connectivity index (χ1v) is 9.76. The van der Waals surface area contributed by atoms with E-state index in [2.05, 4.69) is 15.8 Å². The number of anilines is 2. The second kappa shape index (κ2) is 9.03. The molecule has 1 aromatic heterocycles. The van der Waals surface area contributed by atoms with Crippen molar-refractivity contribution in [1.29, 1.82) is 5.26 Å². The molecule has 2 amide bonds. The topological polar surface area (TPSA) is 145 Å². The van der Waals surface area contributed by atoms with E-state index < -0.39 is 11.9 Å². The SMILES string of the molecule is N#Cc1ccc(NC(=O)c2noc3ccc(NC(=O)Cc4ccccc4)cc23)c(C(=O)O)c1. The van der Waals surface area contributed by atoms with Crippen LogP contribution in [0.2, 0.25) is 0 Å². The number of nitriles is 1. The zero-order valence-electron chi connectivity index (χ0n) is 17.0. The van der Waals surface area contributed by atoms with Crippen molar-refractivity contribution in [2.75, 3.05) is 10.6 Å². The lowest BCUT2D eigenvalue weighted by Gasteiger charge is -2.08. The number of carbonyl (C=O) groups excluding carboxylic acids is 2. The van der Waals surface area contributed by atoms with Crippen LogP contribution in [-0.2, 0) is 11.2 Å². The number of nitrogens with one attached hydrogen (secondary N) is 2. The van der Waals surface area contributed by atoms with Gasteiger partial charge < -0.3 is 20.3 Å². The summed E-state index contributed by atoms with van der Waals surface area (Å²) < 4.78 is 5.19. The van der Waals surface area contributed by atoms with Crippen molar-refractivity contribution in [3.8, 4) is 6.07 Å². The molecule has 0 bridgehead atoms. The third-order valence-electron chi connectivity index (χ3n) is 4.80. The second-order valence-electron chi connectivity index (χ2n) is 7.08. The monoisotopic (exact) mass is 440 g/mol. The van der Waals surface area contributed by atoms with E-state index in [9.17, 15) is 19.5 Å². The van der Waals surface area contributed by atoms with Crippen LogP contribution in [0.1, 0.15) is 32.0 Å². The Morgan fingerprint density at radius 2 is 1.79 bits per heavy atom. The van der Waals surface area contributed by atoms with Crippen molar-refractivity contribution >= 4 is 40.1 Å². The van der Waals surface area contributed by atoms with Crippen molar-refractivity contribution < 1.29 is 24.0 Å². The minimum atomic E-state index is -1.30. The summed E-state index contributed by atoms with van der Waals surface area (Å²) in [5.74, 6) is -2.23. The Balaban J connectivity index is 1.56. The number of carbonyl (C=O) groups is 3. The maximum atomic E-state index is 12.8. The number of benzene rings is 3. The molecule has 0 atom stereocenters. The molecule has 3 N–H and O–H groups in total. The molecule has 0 spiro atoms. The predicted molar refractivity (Wildman–Crippen MR) is 119 cm³/mol. The smallest absolute Gasteiger partial charge is 0.337 e. The Kier molecular flexibility index (Phi) is 5.82. The molecule has 162 valence electrons. The molecule has 4 rings (SSSR count). The molecule has 0 saturated heterocycles. The average Bonchev–Trinajstić information content (AvgIpc) is 3.23. The van der Waals surface area contributed by atoms with Crippen LogP contribution in [0.5, 0.6) is 0 Å². The third-order valence-corrected chi connectivity index (χ3v) is 4.80. The van der Waals surface area contributed by atoms with Gasteiger partial charge in [-0.15, -0.1) is 0 Å². The van der Waals surface area contributed by atoms with E-state index in [0.29, 0.717) is 16.7 Å². The van der Waals surface area contributed by atoms with Crippen LogP contribution < -0.4 is 10.6 Å². The van der Waals surface area contributed by atoms with Gasteiger partial charge in [0.05, 0.1) is 34.7 Å². The van der Waals surface area contributed by atoms with Gasteiger partial charge in [-0.05, 0) is 42.0 Å². The molecule has 9 heteroatoms. The fraction of sp³-hybridized carbons (Fsp3) is 0.0417. The minimum absolute atomic E-state index is 0.00923. The zero-order chi connectivity index (χ0) is 23.4. The molecule has 9 nitrogen and oxygen atoms in total. The number of aromatic carboxylic acids is 1. The fourth-order valence-electron chi connectivity index (χ4n) is 3.25. The van der Waals surface area contributed by atoms with Crippen molar-refractivity contribution in [2.45, 2.75) is 6.42 Å². The highest BCUT2D eigenvalue weighted by molar-refractivity contribution is 6.13. The van der Waals surface area contributed by atoms with Gasteiger partial charge in [-0.1, -0.05) is 35.5 Å². The Bertz CT molecular complexity index is 1420. The Morgan fingerprint density at radius 1 is 1.00 bits per heavy atom. The van der Waals surface area contributed by atoms with Crippen LogP contribution in [0.3, 0.4) is 0 Å². The lowest BCUT2D eigenvalue weighted by molar-refractivity contribution is -0.115. The number of fused-ring (bicyclic) bond motifs is 1. The molecule has 3 aromatic carbocycles. The van der Waals surface area contributed by atoms with Crippen LogP contribution in [0.25, 0.3) is 11.0 Å². The molecule has 0 unspecified atom stereocenters. The lowest BCUT2D eigenvalue weighted by atomic mass is 10.1. The summed E-state index contributed by atoms with van der Waals surface area (Å²) in [4.78, 5) is 36.7. The first kappa shape index (κ1) is 21.3. The van der Waals surface area contributed by atoms with E-state index in [1.165, 1.54) is 18.2 Å². The van der Waals surface area contributed by atoms with Gasteiger partial charge >= 0.3 is 5.97 Å². The molecule has 0 aliphatic heterocycles. The van der Waals surface area contributed by atoms with E-state index >= 15 is 0 Å². The van der Waals surface area contributed by atoms with Crippen LogP contribution in [0.15, 0.2) is 71.3 Å². The summed E-state index contributed by atoms with van der Waals surface area (Å²) in [6, 6.07) is 19.8. The van der Waals surface area contributed by atoms with Gasteiger partial charge in [-0.2, -0.15) is 5.26 Å². The molecule has 0 radical (unpaired) electrons. The van der Waals surface area contributed by atoms with E-state index in [1.807, 2.05) is 36.4 Å². The number of carboxylic acids is 1. The van der Waals surface area contributed by atoms with Crippen LogP contribution in [-0.4, -0.2) is 28.0 Å². The molecule has 1 heterocycles. The number of carboxylic acid groups (broad SMARTS) is 1. The van der Waals surface area contributed by atoms with Crippen molar-refractivity contribution in [3.05, 3.63) is 89.1 Å². The summed E-state index contributed by atoms with van der Waals surface area (Å²) in [6.45, 7) is 0. The summed E-state index contributed by atoms with van der Waals surface area (Å²) in [5, 5.41) is 27.8. The third kappa shape index (κ3) is 4.70. The number of rotatable bonds is 6. The molecule has 33 heavy (non-hydrogen) atoms. The number of hydrogen-bond acceptors (Lipinski definition) is 6. The molecular formula is C24H16N4O5. The summed E-state index contributed by atoms with van der Waals surface area (Å²) >= 11 is 0. The molecule has 4 aromatic rings. The molecular weight excluding hydrogens is 424 g/mol. The average molecular weight is 440 g/mol. The highest BCUT2D eigenvalue weighted by Crippen LogP contribution is 2.25. The normalized spacial score (nSPS) is 10.4. The Morgan fingerprint density at radius 3 is 2.52 bits per heavy atom. The van der Waals surface area contributed by atoms with Crippen molar-refractivity contribution in [1.82, 2.24) is 5.16 Å². The number of nitrogens with zero attached hydrogens (tertiary/aromatic N) is 2. The standard InChI is InChI=1S/C24H16N4O5/c25-13-15-6-8-19(17(10-15)24(31)32)27-23(30)22-18-12-16(7-9-20(18)33-28-22)26-21(29)11-14-4-2-1-3-5-14/h1-10,12H,11H2,(H,26,29)(H,27,30)(H,31,32). The largest absolute Gasteiger partial charge is 0.478 e. The summed E-state index contributed by atoms with van der Waals surface area (Å²) in [5.41, 5.74) is 1.47. The summed E-state index contributed by atoms with van der Waals surface area (Å²) in [7, 11) is 0. The fourth-order valence-corrected chi connectivity index (χ4v) is 3.25. The van der Waals surface area contributed by atoms with Gasteiger partial charge in [0.25, 0.3) is 5.91 Å². The first-order chi connectivity index (χ1) is 15.9. The Labute approximate surface area is 187 Å². The number of amides is 2. The highest BCUT2D eigenvalue weighted by Gasteiger charge is 2.20. The van der Waals surface area contributed by atoms with Crippen molar-refractivity contribution in [2.24, 2.45) is 0 Å². The maximum Gasteiger partial charge on any atom is 0.337 e. The van der Waals surface area contributed by atoms with Gasteiger partial charge in [0.15, 0.2) is 11.3 Å². The number of aromatic nitrogens is 1. The van der Waals surface area contributed by atoms with E-state index in [4.69, 9.17) is 9.78 Å². The molecule has 0 fully saturated rings. The molecule has 0 saturated carbocycles. The molecule has 0 aliphatic rings. The highest BCUT2D eigenvalue weighted by atomic mass is 16.5. The van der Waals surface area contributed by atoms with Gasteiger partial charge in [0.2, 0.25) is 5.91 Å². The van der Waals surface area contributed by atoms with E-state index in [0.717, 1.165) is 5.56 Å².